The van der Waals surface area contributed by atoms with Crippen molar-refractivity contribution in [1.82, 2.24) is 20.4 Å². The summed E-state index contributed by atoms with van der Waals surface area (Å²) >= 11 is 1.87. The Morgan fingerprint density at radius 3 is 2.41 bits per heavy atom. The summed E-state index contributed by atoms with van der Waals surface area (Å²) < 4.78 is 0. The molecule has 2 saturated heterocycles. The van der Waals surface area contributed by atoms with Crippen molar-refractivity contribution in [3.8, 4) is 0 Å². The standard InChI is InChI=1S/C20H35N5S.HI/c1-17(16-24-9-3-4-10-24)14-22-20(21-2)23-15-18(19-8-7-13-26-19)25-11-5-6-12-25;/h7-8,13,17-18H,3-6,9-12,14-16H2,1-2H3,(H2,21,22,23);1H. The summed E-state index contributed by atoms with van der Waals surface area (Å²) in [6.45, 7) is 10.4. The van der Waals surface area contributed by atoms with Gasteiger partial charge >= 0.3 is 0 Å². The highest BCUT2D eigenvalue weighted by atomic mass is 127. The monoisotopic (exact) mass is 505 g/mol. The molecule has 2 aliphatic heterocycles. The van der Waals surface area contributed by atoms with Gasteiger partial charge in [-0.1, -0.05) is 13.0 Å². The van der Waals surface area contributed by atoms with Crippen LogP contribution in [0.25, 0.3) is 0 Å². The minimum atomic E-state index is 0. The molecule has 0 saturated carbocycles. The highest BCUT2D eigenvalue weighted by Gasteiger charge is 2.24. The fourth-order valence-electron chi connectivity index (χ4n) is 4.10. The molecule has 0 aromatic carbocycles. The maximum absolute atomic E-state index is 4.44. The van der Waals surface area contributed by atoms with E-state index in [1.54, 1.807) is 0 Å². The molecule has 1 aromatic heterocycles. The summed E-state index contributed by atoms with van der Waals surface area (Å²) in [5, 5.41) is 9.29. The third-order valence-corrected chi connectivity index (χ3v) is 6.50. The second-order valence-corrected chi connectivity index (χ2v) is 8.70. The molecule has 2 unspecified atom stereocenters. The smallest absolute Gasteiger partial charge is 0.191 e. The van der Waals surface area contributed by atoms with Gasteiger partial charge in [0.15, 0.2) is 5.96 Å². The molecule has 2 aliphatic rings. The van der Waals surface area contributed by atoms with E-state index < -0.39 is 0 Å². The highest BCUT2D eigenvalue weighted by Crippen LogP contribution is 2.27. The Morgan fingerprint density at radius 1 is 1.11 bits per heavy atom. The van der Waals surface area contributed by atoms with Crippen molar-refractivity contribution < 1.29 is 0 Å². The molecule has 7 heteroatoms. The predicted octanol–water partition coefficient (Wildman–Crippen LogP) is 3.40. The lowest BCUT2D eigenvalue weighted by atomic mass is 10.1. The second-order valence-electron chi connectivity index (χ2n) is 7.72. The lowest BCUT2D eigenvalue weighted by Gasteiger charge is -2.28. The maximum Gasteiger partial charge on any atom is 0.191 e. The molecule has 0 aliphatic carbocycles. The Labute approximate surface area is 186 Å². The molecule has 2 atom stereocenters. The largest absolute Gasteiger partial charge is 0.356 e. The number of nitrogens with one attached hydrogen (secondary N) is 2. The second kappa shape index (κ2) is 12.2. The van der Waals surface area contributed by atoms with Crippen LogP contribution in [0.5, 0.6) is 0 Å². The van der Waals surface area contributed by atoms with Crippen LogP contribution in [0.1, 0.15) is 43.5 Å². The summed E-state index contributed by atoms with van der Waals surface area (Å²) in [6, 6.07) is 4.89. The molecule has 1 aromatic rings. The summed E-state index contributed by atoms with van der Waals surface area (Å²) in [4.78, 5) is 11.1. The molecule has 0 amide bonds. The number of guanidine groups is 1. The lowest BCUT2D eigenvalue weighted by molar-refractivity contribution is 0.248. The van der Waals surface area contributed by atoms with Crippen molar-refractivity contribution >= 4 is 41.3 Å². The van der Waals surface area contributed by atoms with Crippen LogP contribution in [0.3, 0.4) is 0 Å². The molecule has 0 spiro atoms. The fraction of sp³-hybridized carbons (Fsp3) is 0.750. The van der Waals surface area contributed by atoms with E-state index >= 15 is 0 Å². The number of likely N-dealkylation sites (tertiary alicyclic amines) is 2. The first kappa shape index (κ1) is 22.9. The van der Waals surface area contributed by atoms with E-state index in [-0.39, 0.29) is 24.0 Å². The van der Waals surface area contributed by atoms with Crippen molar-refractivity contribution in [3.05, 3.63) is 22.4 Å². The quantitative estimate of drug-likeness (QED) is 0.323. The van der Waals surface area contributed by atoms with Gasteiger partial charge < -0.3 is 15.5 Å². The van der Waals surface area contributed by atoms with E-state index in [9.17, 15) is 0 Å². The minimum Gasteiger partial charge on any atom is -0.356 e. The molecule has 0 radical (unpaired) electrons. The van der Waals surface area contributed by atoms with Crippen LogP contribution in [-0.2, 0) is 0 Å². The van der Waals surface area contributed by atoms with E-state index in [0.29, 0.717) is 12.0 Å². The predicted molar refractivity (Wildman–Crippen MR) is 127 cm³/mol. The van der Waals surface area contributed by atoms with Crippen molar-refractivity contribution in [2.45, 2.75) is 38.6 Å². The summed E-state index contributed by atoms with van der Waals surface area (Å²) in [5.41, 5.74) is 0. The Morgan fingerprint density at radius 2 is 1.78 bits per heavy atom. The zero-order valence-corrected chi connectivity index (χ0v) is 20.0. The van der Waals surface area contributed by atoms with E-state index in [1.165, 1.54) is 63.3 Å². The summed E-state index contributed by atoms with van der Waals surface area (Å²) in [7, 11) is 1.87. The topological polar surface area (TPSA) is 42.9 Å². The Kier molecular flexibility index (Phi) is 10.4. The van der Waals surface area contributed by atoms with Gasteiger partial charge in [-0.05, 0) is 69.2 Å². The van der Waals surface area contributed by atoms with Gasteiger partial charge in [-0.3, -0.25) is 9.89 Å². The number of rotatable bonds is 8. The van der Waals surface area contributed by atoms with Crippen LogP contribution in [0.2, 0.25) is 0 Å². The molecule has 3 rings (SSSR count). The van der Waals surface area contributed by atoms with Crippen molar-refractivity contribution in [2.75, 3.05) is 52.9 Å². The van der Waals surface area contributed by atoms with Crippen molar-refractivity contribution in [2.24, 2.45) is 10.9 Å². The van der Waals surface area contributed by atoms with Crippen LogP contribution in [0, 0.1) is 5.92 Å². The number of nitrogens with zero attached hydrogens (tertiary/aromatic N) is 3. The third kappa shape index (κ3) is 7.18. The average molecular weight is 506 g/mol. The van der Waals surface area contributed by atoms with Crippen LogP contribution in [-0.4, -0.2) is 68.6 Å². The van der Waals surface area contributed by atoms with Gasteiger partial charge in [0.25, 0.3) is 0 Å². The van der Waals surface area contributed by atoms with E-state index in [4.69, 9.17) is 0 Å². The molecule has 154 valence electrons. The minimum absolute atomic E-state index is 0. The maximum atomic E-state index is 4.44. The normalized spacial score (nSPS) is 21.0. The lowest BCUT2D eigenvalue weighted by Crippen LogP contribution is -2.44. The average Bonchev–Trinajstić information content (AvgIpc) is 3.41. The highest BCUT2D eigenvalue weighted by molar-refractivity contribution is 14.0. The molecule has 2 fully saturated rings. The molecule has 27 heavy (non-hydrogen) atoms. The number of aliphatic imine (C=N–C) groups is 1. The fourth-order valence-corrected chi connectivity index (χ4v) is 4.96. The Bertz CT molecular complexity index is 539. The van der Waals surface area contributed by atoms with E-state index in [1.807, 2.05) is 18.4 Å². The third-order valence-electron chi connectivity index (χ3n) is 5.53. The number of hydrogen-bond donors (Lipinski definition) is 2. The van der Waals surface area contributed by atoms with Gasteiger partial charge in [0.2, 0.25) is 0 Å². The SMILES string of the molecule is CN=C(NCC(C)CN1CCCC1)NCC(c1cccs1)N1CCCC1.I. The van der Waals surface area contributed by atoms with Gasteiger partial charge in [-0.2, -0.15) is 0 Å². The van der Waals surface area contributed by atoms with Crippen LogP contribution >= 0.6 is 35.3 Å². The van der Waals surface area contributed by atoms with E-state index in [0.717, 1.165) is 19.0 Å². The first-order chi connectivity index (χ1) is 12.8. The number of halogens is 1. The van der Waals surface area contributed by atoms with Gasteiger partial charge in [0.1, 0.15) is 0 Å². The van der Waals surface area contributed by atoms with Crippen LogP contribution < -0.4 is 10.6 Å². The summed E-state index contributed by atoms with van der Waals surface area (Å²) in [6.07, 6.45) is 5.37. The number of hydrogen-bond acceptors (Lipinski definition) is 4. The molecular formula is C20H36IN5S. The van der Waals surface area contributed by atoms with Crippen molar-refractivity contribution in [1.29, 1.82) is 0 Å². The van der Waals surface area contributed by atoms with Gasteiger partial charge in [0, 0.05) is 31.6 Å². The zero-order valence-electron chi connectivity index (χ0n) is 16.8. The van der Waals surface area contributed by atoms with Crippen LogP contribution in [0.4, 0.5) is 0 Å². The Hall–Kier alpha value is -0.380. The molecule has 0 bridgehead atoms. The zero-order chi connectivity index (χ0) is 18.2. The van der Waals surface area contributed by atoms with Crippen LogP contribution in [0.15, 0.2) is 22.5 Å². The van der Waals surface area contributed by atoms with Gasteiger partial charge in [-0.25, -0.2) is 0 Å². The molecule has 3 heterocycles. The molecule has 2 N–H and O–H groups in total. The first-order valence-corrected chi connectivity index (χ1v) is 11.1. The summed E-state index contributed by atoms with van der Waals surface area (Å²) in [5.74, 6) is 1.57. The number of thiophene rings is 1. The van der Waals surface area contributed by atoms with Gasteiger partial charge in [0.05, 0.1) is 6.04 Å². The first-order valence-electron chi connectivity index (χ1n) is 10.2. The Balaban J connectivity index is 0.00000261. The van der Waals surface area contributed by atoms with Crippen molar-refractivity contribution in [3.63, 3.8) is 0 Å². The molecular weight excluding hydrogens is 469 g/mol. The van der Waals surface area contributed by atoms with E-state index in [2.05, 4.69) is 49.9 Å². The molecule has 5 nitrogen and oxygen atoms in total. The van der Waals surface area contributed by atoms with Gasteiger partial charge in [-0.15, -0.1) is 35.3 Å².